The Morgan fingerprint density at radius 1 is 0.212 bits per heavy atom. The molecule has 0 radical (unpaired) electrons. The van der Waals surface area contributed by atoms with Gasteiger partial charge in [-0.1, -0.05) is 146 Å². The van der Waals surface area contributed by atoms with Gasteiger partial charge in [-0.15, -0.1) is 0 Å². The van der Waals surface area contributed by atoms with Crippen molar-refractivity contribution in [2.45, 2.75) is 60.2 Å². The predicted molar refractivity (Wildman–Crippen MR) is 273 cm³/mol. The molecule has 8 aromatic rings. The Balaban J connectivity index is 1.02. The number of hydrogen-bond donors (Lipinski definition) is 0. The van der Waals surface area contributed by atoms with Crippen LogP contribution < -0.4 is 0 Å². The molecule has 4 saturated carbocycles. The molecule has 0 spiro atoms. The highest BCUT2D eigenvalue weighted by Crippen LogP contribution is 2.74. The number of pyridine rings is 4. The number of aromatic nitrogens is 4. The van der Waals surface area contributed by atoms with Gasteiger partial charge in [0.1, 0.15) is 0 Å². The van der Waals surface area contributed by atoms with Crippen molar-refractivity contribution in [2.75, 3.05) is 0 Å². The van der Waals surface area contributed by atoms with E-state index < -0.39 is 0 Å². The Morgan fingerprint density at radius 3 is 0.530 bits per heavy atom. The second-order valence-electron chi connectivity index (χ2n) is 19.1. The molecular weight excluding hydrogens is 801 g/mol. The summed E-state index contributed by atoms with van der Waals surface area (Å²) in [4.78, 5) is 16.8. The molecule has 0 N–H and O–H groups in total. The maximum atomic E-state index is 4.21. The summed E-state index contributed by atoms with van der Waals surface area (Å²) in [5.74, 6) is 0. The highest BCUT2D eigenvalue weighted by Gasteiger charge is 2.69. The lowest BCUT2D eigenvalue weighted by molar-refractivity contribution is -0.0691. The van der Waals surface area contributed by atoms with E-state index in [0.717, 1.165) is 60.8 Å². The summed E-state index contributed by atoms with van der Waals surface area (Å²) in [7, 11) is 0. The fourth-order valence-electron chi connectivity index (χ4n) is 12.3. The number of nitrogens with zero attached hydrogens (tertiary/aromatic N) is 4. The molecular formula is C62H52N4. The van der Waals surface area contributed by atoms with E-state index in [1.807, 2.05) is 49.6 Å². The molecule has 4 aromatic heterocycles. The minimum Gasteiger partial charge on any atom is -0.265 e. The van der Waals surface area contributed by atoms with Gasteiger partial charge in [0.05, 0.1) is 0 Å². The van der Waals surface area contributed by atoms with Crippen molar-refractivity contribution in [3.8, 4) is 0 Å². The molecule has 0 aliphatic heterocycles. The molecule has 0 saturated heterocycles. The number of benzene rings is 4. The van der Waals surface area contributed by atoms with Gasteiger partial charge >= 0.3 is 0 Å². The molecule has 0 amide bonds. The summed E-state index contributed by atoms with van der Waals surface area (Å²) < 4.78 is 0. The monoisotopic (exact) mass is 852 g/mol. The lowest BCUT2D eigenvalue weighted by Crippen LogP contribution is -2.67. The summed E-state index contributed by atoms with van der Waals surface area (Å²) in [6, 6.07) is 54.8. The Bertz CT molecular complexity index is 2570. The van der Waals surface area contributed by atoms with Crippen LogP contribution in [0.15, 0.2) is 195 Å². The lowest BCUT2D eigenvalue weighted by atomic mass is 9.32. The fraction of sp³-hybridized carbons (Fsp3) is 0.161. The van der Waals surface area contributed by atoms with Crippen molar-refractivity contribution in [1.29, 1.82) is 0 Å². The normalized spacial score (nSPS) is 23.4. The molecule has 4 heterocycles. The van der Waals surface area contributed by atoms with E-state index >= 15 is 0 Å². The smallest absolute Gasteiger partial charge is 0.0273 e. The first kappa shape index (κ1) is 41.2. The first-order valence-corrected chi connectivity index (χ1v) is 23.2. The Hall–Kier alpha value is -7.56. The number of rotatable bonds is 12. The average Bonchev–Trinajstić information content (AvgIpc) is 3.37. The van der Waals surface area contributed by atoms with Crippen molar-refractivity contribution in [3.63, 3.8) is 0 Å². The molecule has 0 unspecified atom stereocenters. The molecule has 66 heavy (non-hydrogen) atoms. The molecule has 0 atom stereocenters. The summed E-state index contributed by atoms with van der Waals surface area (Å²) in [6.45, 7) is 0. The topological polar surface area (TPSA) is 51.6 Å². The zero-order chi connectivity index (χ0) is 44.3. The summed E-state index contributed by atoms with van der Waals surface area (Å²) in [5, 5.41) is 0. The molecule has 4 bridgehead atoms. The zero-order valence-electron chi connectivity index (χ0n) is 37.1. The fourth-order valence-corrected chi connectivity index (χ4v) is 12.3. The predicted octanol–water partition coefficient (Wildman–Crippen LogP) is 14.4. The molecule has 4 aliphatic carbocycles. The Kier molecular flexibility index (Phi) is 10.9. The van der Waals surface area contributed by atoms with Crippen LogP contribution >= 0.6 is 0 Å². The first-order valence-electron chi connectivity index (χ1n) is 23.2. The van der Waals surface area contributed by atoms with Gasteiger partial charge in [-0.2, -0.15) is 0 Å². The van der Waals surface area contributed by atoms with Gasteiger partial charge in [-0.25, -0.2) is 0 Å². The van der Waals surface area contributed by atoms with Crippen LogP contribution in [-0.4, -0.2) is 19.9 Å². The highest BCUT2D eigenvalue weighted by molar-refractivity contribution is 5.72. The van der Waals surface area contributed by atoms with Gasteiger partial charge in [-0.05, 0) is 175 Å². The molecule has 4 nitrogen and oxygen atoms in total. The van der Waals surface area contributed by atoms with Crippen LogP contribution in [0.25, 0.3) is 48.6 Å². The van der Waals surface area contributed by atoms with Crippen molar-refractivity contribution in [3.05, 3.63) is 262 Å². The summed E-state index contributed by atoms with van der Waals surface area (Å²) in [5.41, 5.74) is 15.1. The first-order chi connectivity index (χ1) is 32.5. The molecule has 320 valence electrons. The van der Waals surface area contributed by atoms with Gasteiger partial charge in [0.15, 0.2) is 0 Å². The van der Waals surface area contributed by atoms with Crippen molar-refractivity contribution in [2.24, 2.45) is 0 Å². The van der Waals surface area contributed by atoms with Crippen molar-refractivity contribution < 1.29 is 0 Å². The van der Waals surface area contributed by atoms with E-state index in [-0.39, 0.29) is 21.7 Å². The van der Waals surface area contributed by atoms with Crippen LogP contribution in [0, 0.1) is 0 Å². The second kappa shape index (κ2) is 17.4. The van der Waals surface area contributed by atoms with Gasteiger partial charge < -0.3 is 0 Å². The highest BCUT2D eigenvalue weighted by atomic mass is 14.7. The average molecular weight is 853 g/mol. The number of hydrogen-bond acceptors (Lipinski definition) is 4. The lowest BCUT2D eigenvalue weighted by Gasteiger charge is -2.71. The quantitative estimate of drug-likeness (QED) is 0.123. The van der Waals surface area contributed by atoms with Gasteiger partial charge in [-0.3, -0.25) is 19.9 Å². The van der Waals surface area contributed by atoms with Crippen molar-refractivity contribution in [1.82, 2.24) is 19.9 Å². The van der Waals surface area contributed by atoms with E-state index in [9.17, 15) is 0 Å². The van der Waals surface area contributed by atoms with Crippen LogP contribution in [0.1, 0.15) is 105 Å². The van der Waals surface area contributed by atoms with Crippen LogP contribution in [0.3, 0.4) is 0 Å². The SMILES string of the molecule is C(=Cc1ccc(C23CC4(c5ccc(C=Cc6ccncc6)cc5)CC(c5ccc(C=Cc6ccncc6)cc5)(C2)CC(c2ccc(C=Cc5ccncc5)cc2)(C3)C4)cc1)c1ccncc1. The largest absolute Gasteiger partial charge is 0.265 e. The van der Waals surface area contributed by atoms with Crippen molar-refractivity contribution >= 4 is 48.6 Å². The Labute approximate surface area is 389 Å². The van der Waals surface area contributed by atoms with E-state index in [1.165, 1.54) is 44.5 Å². The zero-order valence-corrected chi connectivity index (χ0v) is 37.1. The van der Waals surface area contributed by atoms with Crippen LogP contribution in [-0.2, 0) is 21.7 Å². The third-order valence-corrected chi connectivity index (χ3v) is 14.9. The minimum atomic E-state index is -0.0398. The third kappa shape index (κ3) is 8.31. The maximum Gasteiger partial charge on any atom is 0.0273 e. The van der Waals surface area contributed by atoms with E-state index in [4.69, 9.17) is 0 Å². The van der Waals surface area contributed by atoms with Gasteiger partial charge in [0, 0.05) is 49.6 Å². The van der Waals surface area contributed by atoms with E-state index in [2.05, 4.69) is 214 Å². The molecule has 4 aromatic carbocycles. The standard InChI is InChI=1S/C62H52N4/c1(5-51-25-33-63-34-26-51)47-9-17-55(18-10-47)59-41-60(56-19-11-48(12-20-56)2-6-52-27-35-64-36-28-52)44-61(42-59,57-21-13-49(14-22-57)3-7-53-29-37-65-38-30-53)46-62(43-59,45-60)58-23-15-50(16-24-58)4-8-54-31-39-66-40-32-54/h1-40H,41-46H2. The van der Waals surface area contributed by atoms with Crippen LogP contribution in [0.5, 0.6) is 0 Å². The minimum absolute atomic E-state index is 0.0398. The molecule has 12 rings (SSSR count). The van der Waals surface area contributed by atoms with Gasteiger partial charge in [0.25, 0.3) is 0 Å². The van der Waals surface area contributed by atoms with Crippen LogP contribution in [0.2, 0.25) is 0 Å². The van der Waals surface area contributed by atoms with Crippen LogP contribution in [0.4, 0.5) is 0 Å². The summed E-state index contributed by atoms with van der Waals surface area (Å²) in [6.07, 6.45) is 39.2. The second-order valence-corrected chi connectivity index (χ2v) is 19.1. The summed E-state index contributed by atoms with van der Waals surface area (Å²) >= 11 is 0. The third-order valence-electron chi connectivity index (χ3n) is 14.9. The van der Waals surface area contributed by atoms with E-state index in [0.29, 0.717) is 0 Å². The maximum absolute atomic E-state index is 4.21. The van der Waals surface area contributed by atoms with E-state index in [1.54, 1.807) is 0 Å². The molecule has 4 fully saturated rings. The molecule has 4 aliphatic rings. The van der Waals surface area contributed by atoms with Gasteiger partial charge in [0.2, 0.25) is 0 Å². The molecule has 4 heteroatoms. The Morgan fingerprint density at radius 2 is 0.364 bits per heavy atom.